The van der Waals surface area contributed by atoms with Gasteiger partial charge in [-0.3, -0.25) is 11.6 Å². The van der Waals surface area contributed by atoms with Gasteiger partial charge >= 0.3 is 51.2 Å². The van der Waals surface area contributed by atoms with E-state index < -0.39 is 0 Å². The Labute approximate surface area is 241 Å². The zero-order chi connectivity index (χ0) is 22.1. The van der Waals surface area contributed by atoms with E-state index in [-0.39, 0.29) is 51.2 Å². The van der Waals surface area contributed by atoms with Crippen molar-refractivity contribution in [2.24, 2.45) is 0 Å². The van der Waals surface area contributed by atoms with Gasteiger partial charge in [0.2, 0.25) is 0 Å². The van der Waals surface area contributed by atoms with Crippen molar-refractivity contribution in [3.8, 4) is 0 Å². The van der Waals surface area contributed by atoms with Gasteiger partial charge in [0.05, 0.1) is 0 Å². The van der Waals surface area contributed by atoms with Crippen molar-refractivity contribution >= 4 is 11.6 Å². The molecule has 0 aliphatic rings. The smallest absolute Gasteiger partial charge is 0.283 e. The standard InChI is InChI=1S/C17H13.3C5H5.3Fe/c1-2-8-14(7-1)13-17(15-9-3-4-10-15)16-11-5-6-12-16;3*1-2-4-5-3-1;;;/h1-13H;3*1-5H;;;/q-3;3*-1;3*+2. The Morgan fingerprint density at radius 3 is 0.943 bits per heavy atom. The van der Waals surface area contributed by atoms with E-state index >= 15 is 0 Å². The molecule has 0 aliphatic heterocycles. The van der Waals surface area contributed by atoms with Crippen LogP contribution in [0.5, 0.6) is 0 Å². The van der Waals surface area contributed by atoms with Crippen LogP contribution in [-0.2, 0) is 51.2 Å². The van der Waals surface area contributed by atoms with Crippen LogP contribution in [0.4, 0.5) is 0 Å². The maximum atomic E-state index is 2.24. The molecule has 0 bridgehead atoms. The normalized spacial score (nSPS) is 8.46. The maximum Gasteiger partial charge on any atom is 2.00 e. The van der Waals surface area contributed by atoms with E-state index in [4.69, 9.17) is 0 Å². The van der Waals surface area contributed by atoms with Gasteiger partial charge in [-0.25, -0.2) is 66.2 Å². The Kier molecular flexibility index (Phi) is 19.2. The molecular formula is C32H28Fe3. The van der Waals surface area contributed by atoms with E-state index in [9.17, 15) is 0 Å². The molecule has 0 heterocycles. The molecule has 0 nitrogen and oxygen atoms in total. The summed E-state index contributed by atoms with van der Waals surface area (Å²) in [6.45, 7) is 0. The molecule has 6 aromatic carbocycles. The van der Waals surface area contributed by atoms with E-state index in [1.54, 1.807) is 0 Å². The Bertz CT molecular complexity index is 970. The van der Waals surface area contributed by atoms with Gasteiger partial charge in [0, 0.05) is 0 Å². The second-order valence-corrected chi connectivity index (χ2v) is 7.01. The number of rotatable bonds is 3. The van der Waals surface area contributed by atoms with Crippen molar-refractivity contribution in [2.75, 3.05) is 0 Å². The molecule has 0 amide bonds. The summed E-state index contributed by atoms with van der Waals surface area (Å²) in [5.41, 5.74) is 5.09. The fraction of sp³-hybridized carbons (Fsp3) is 0. The minimum Gasteiger partial charge on any atom is -0.283 e. The van der Waals surface area contributed by atoms with E-state index in [0.29, 0.717) is 0 Å². The molecule has 0 fully saturated rings. The summed E-state index contributed by atoms with van der Waals surface area (Å²) in [4.78, 5) is 0. The van der Waals surface area contributed by atoms with Crippen LogP contribution in [-0.4, -0.2) is 0 Å². The summed E-state index contributed by atoms with van der Waals surface area (Å²) in [6, 6.07) is 55.3. The van der Waals surface area contributed by atoms with E-state index in [1.165, 1.54) is 22.3 Å². The van der Waals surface area contributed by atoms with Gasteiger partial charge in [0.1, 0.15) is 0 Å². The van der Waals surface area contributed by atoms with E-state index in [0.717, 1.165) is 0 Å². The molecule has 35 heavy (non-hydrogen) atoms. The summed E-state index contributed by atoms with van der Waals surface area (Å²) in [7, 11) is 0. The molecule has 6 rings (SSSR count). The third-order valence-electron chi connectivity index (χ3n) is 4.61. The van der Waals surface area contributed by atoms with Crippen molar-refractivity contribution in [2.45, 2.75) is 0 Å². The van der Waals surface area contributed by atoms with Crippen molar-refractivity contribution in [1.82, 2.24) is 0 Å². The van der Waals surface area contributed by atoms with Crippen LogP contribution in [0.15, 0.2) is 164 Å². The summed E-state index contributed by atoms with van der Waals surface area (Å²) in [6.07, 6.45) is 2.24. The predicted octanol–water partition coefficient (Wildman–Crippen LogP) is 8.64. The molecule has 3 heteroatoms. The Hall–Kier alpha value is -2.60. The minimum absolute atomic E-state index is 0. The van der Waals surface area contributed by atoms with Crippen LogP contribution in [0.2, 0.25) is 0 Å². The minimum atomic E-state index is 0. The first-order chi connectivity index (χ1) is 15.9. The van der Waals surface area contributed by atoms with E-state index in [1.807, 2.05) is 91.0 Å². The molecule has 6 aromatic rings. The van der Waals surface area contributed by atoms with Crippen LogP contribution in [0, 0.1) is 0 Å². The van der Waals surface area contributed by atoms with Crippen LogP contribution >= 0.6 is 0 Å². The fourth-order valence-electron chi connectivity index (χ4n) is 3.05. The van der Waals surface area contributed by atoms with Crippen LogP contribution in [0.1, 0.15) is 16.7 Å². The molecule has 0 aliphatic carbocycles. The van der Waals surface area contributed by atoms with E-state index in [2.05, 4.69) is 78.9 Å². The van der Waals surface area contributed by atoms with Gasteiger partial charge < -0.3 is 0 Å². The molecule has 180 valence electrons. The molecule has 0 saturated carbocycles. The van der Waals surface area contributed by atoms with Gasteiger partial charge in [0.25, 0.3) is 0 Å². The van der Waals surface area contributed by atoms with Crippen LogP contribution in [0.3, 0.4) is 0 Å². The SMILES string of the molecule is C(=C([c-]1cccc1)[c-]1cccc1)[c-]1cccc1.[Fe+2].[Fe+2].[Fe+2].c1cc[cH-]c1.c1cc[cH-]c1.c1cc[cH-]c1. The quantitative estimate of drug-likeness (QED) is 0.145. The largest absolute Gasteiger partial charge is 2.00 e. The second kappa shape index (κ2) is 20.7. The first-order valence-electron chi connectivity index (χ1n) is 10.8. The molecule has 0 unspecified atom stereocenters. The Morgan fingerprint density at radius 2 is 0.686 bits per heavy atom. The Balaban J connectivity index is 0.000000529. The topological polar surface area (TPSA) is 0 Å². The van der Waals surface area contributed by atoms with Gasteiger partial charge in [-0.1, -0.05) is 12.1 Å². The van der Waals surface area contributed by atoms with Gasteiger partial charge in [0.15, 0.2) is 0 Å². The third kappa shape index (κ3) is 13.2. The van der Waals surface area contributed by atoms with Gasteiger partial charge in [-0.2, -0.15) is 90.0 Å². The molecule has 0 saturated heterocycles. The molecule has 0 spiro atoms. The average molecular weight is 580 g/mol. The van der Waals surface area contributed by atoms with Crippen molar-refractivity contribution < 1.29 is 51.2 Å². The molecule has 0 radical (unpaired) electrons. The first-order valence-corrected chi connectivity index (χ1v) is 10.8. The van der Waals surface area contributed by atoms with Crippen molar-refractivity contribution in [3.63, 3.8) is 0 Å². The Morgan fingerprint density at radius 1 is 0.400 bits per heavy atom. The molecule has 0 atom stereocenters. The molecule has 0 aromatic heterocycles. The maximum absolute atomic E-state index is 2.24. The monoisotopic (exact) mass is 580 g/mol. The zero-order valence-corrected chi connectivity index (χ0v) is 22.5. The van der Waals surface area contributed by atoms with Crippen molar-refractivity contribution in [1.29, 1.82) is 0 Å². The predicted molar refractivity (Wildman–Crippen MR) is 139 cm³/mol. The summed E-state index contributed by atoms with van der Waals surface area (Å²) >= 11 is 0. The van der Waals surface area contributed by atoms with Gasteiger partial charge in [-0.15, -0.1) is 12.1 Å². The second-order valence-electron chi connectivity index (χ2n) is 7.01. The first kappa shape index (κ1) is 32.4. The third-order valence-corrected chi connectivity index (χ3v) is 4.61. The van der Waals surface area contributed by atoms with Crippen LogP contribution in [0.25, 0.3) is 11.6 Å². The summed E-state index contributed by atoms with van der Waals surface area (Å²) in [5.74, 6) is 0. The summed E-state index contributed by atoms with van der Waals surface area (Å²) in [5, 5.41) is 0. The number of hydrogen-bond acceptors (Lipinski definition) is 0. The zero-order valence-electron chi connectivity index (χ0n) is 19.2. The number of hydrogen-bond donors (Lipinski definition) is 0. The summed E-state index contributed by atoms with van der Waals surface area (Å²) < 4.78 is 0. The van der Waals surface area contributed by atoms with Gasteiger partial charge in [-0.05, 0) is 0 Å². The van der Waals surface area contributed by atoms with Crippen LogP contribution < -0.4 is 0 Å². The van der Waals surface area contributed by atoms with Crippen molar-refractivity contribution in [3.05, 3.63) is 180 Å². The molecular weight excluding hydrogens is 552 g/mol. The average Bonchev–Trinajstić information content (AvgIpc) is 3.70. The fourth-order valence-corrected chi connectivity index (χ4v) is 3.05. The molecule has 0 N–H and O–H groups in total.